The summed E-state index contributed by atoms with van der Waals surface area (Å²) in [5.41, 5.74) is 7.27. The molecule has 0 saturated carbocycles. The Morgan fingerprint density at radius 3 is 2.65 bits per heavy atom. The first-order valence-corrected chi connectivity index (χ1v) is 6.59. The molecule has 3 aromatic rings. The monoisotopic (exact) mass is 333 g/mol. The highest BCUT2D eigenvalue weighted by atomic mass is 79.9. The highest BCUT2D eigenvalue weighted by molar-refractivity contribution is 9.10. The van der Waals surface area contributed by atoms with E-state index in [0.29, 0.717) is 21.5 Å². The first-order valence-electron chi connectivity index (χ1n) is 5.80. The predicted molar refractivity (Wildman–Crippen MR) is 77.2 cm³/mol. The van der Waals surface area contributed by atoms with E-state index < -0.39 is 5.82 Å². The summed E-state index contributed by atoms with van der Waals surface area (Å²) in [4.78, 5) is 4.21. The molecule has 2 N–H and O–H groups in total. The van der Waals surface area contributed by atoms with Gasteiger partial charge in [0.15, 0.2) is 0 Å². The maximum atomic E-state index is 13.8. The van der Waals surface area contributed by atoms with Crippen LogP contribution >= 0.6 is 15.9 Å². The van der Waals surface area contributed by atoms with Crippen LogP contribution < -0.4 is 5.73 Å². The molecule has 0 radical (unpaired) electrons. The minimum Gasteiger partial charge on any atom is -0.398 e. The Morgan fingerprint density at radius 1 is 1.10 bits per heavy atom. The molecule has 0 spiro atoms. The van der Waals surface area contributed by atoms with Gasteiger partial charge in [0, 0.05) is 15.7 Å². The Balaban J connectivity index is 2.10. The number of para-hydroxylation sites is 1. The summed E-state index contributed by atoms with van der Waals surface area (Å²) in [7, 11) is 0. The zero-order valence-electron chi connectivity index (χ0n) is 10.2. The van der Waals surface area contributed by atoms with Gasteiger partial charge in [-0.15, -0.1) is 0 Å². The zero-order valence-corrected chi connectivity index (χ0v) is 11.8. The van der Waals surface area contributed by atoms with Crippen molar-refractivity contribution < 1.29 is 8.91 Å². The van der Waals surface area contributed by atoms with Gasteiger partial charge in [-0.3, -0.25) is 0 Å². The zero-order chi connectivity index (χ0) is 14.1. The summed E-state index contributed by atoms with van der Waals surface area (Å²) in [6, 6.07) is 11.8. The van der Waals surface area contributed by atoms with Crippen LogP contribution in [0.2, 0.25) is 0 Å². The summed E-state index contributed by atoms with van der Waals surface area (Å²) in [5, 5.41) is 3.85. The molecule has 1 heterocycles. The van der Waals surface area contributed by atoms with Crippen molar-refractivity contribution in [2.45, 2.75) is 0 Å². The lowest BCUT2D eigenvalue weighted by atomic mass is 10.1. The van der Waals surface area contributed by atoms with E-state index in [4.69, 9.17) is 10.3 Å². The van der Waals surface area contributed by atoms with Gasteiger partial charge in [-0.2, -0.15) is 4.98 Å². The second kappa shape index (κ2) is 5.05. The SMILES string of the molecule is Nc1ccccc1-c1noc(-c2c(F)cccc2Br)n1. The average molecular weight is 334 g/mol. The Kier molecular flexibility index (Phi) is 3.23. The molecular formula is C14H9BrFN3O. The molecule has 20 heavy (non-hydrogen) atoms. The first-order chi connectivity index (χ1) is 9.66. The van der Waals surface area contributed by atoms with Crippen molar-refractivity contribution in [1.29, 1.82) is 0 Å². The fourth-order valence-electron chi connectivity index (χ4n) is 1.84. The van der Waals surface area contributed by atoms with Crippen LogP contribution in [0.4, 0.5) is 10.1 Å². The Labute approximate surface area is 122 Å². The van der Waals surface area contributed by atoms with E-state index in [1.54, 1.807) is 24.3 Å². The van der Waals surface area contributed by atoms with E-state index in [1.807, 2.05) is 12.1 Å². The van der Waals surface area contributed by atoms with Crippen LogP contribution in [-0.4, -0.2) is 10.1 Å². The van der Waals surface area contributed by atoms with Crippen molar-refractivity contribution in [2.24, 2.45) is 0 Å². The molecular weight excluding hydrogens is 325 g/mol. The summed E-state index contributed by atoms with van der Waals surface area (Å²) < 4.78 is 19.5. The molecule has 0 aliphatic heterocycles. The number of hydrogen-bond acceptors (Lipinski definition) is 4. The van der Waals surface area contributed by atoms with Crippen LogP contribution in [0.5, 0.6) is 0 Å². The second-order valence-corrected chi connectivity index (χ2v) is 4.96. The number of halogens is 2. The highest BCUT2D eigenvalue weighted by Gasteiger charge is 2.17. The number of rotatable bonds is 2. The molecule has 3 rings (SSSR count). The fourth-order valence-corrected chi connectivity index (χ4v) is 2.35. The molecule has 0 fully saturated rings. The first kappa shape index (κ1) is 12.8. The van der Waals surface area contributed by atoms with Crippen molar-refractivity contribution in [3.8, 4) is 22.8 Å². The summed E-state index contributed by atoms with van der Waals surface area (Å²) in [6.45, 7) is 0. The van der Waals surface area contributed by atoms with Crippen LogP contribution in [-0.2, 0) is 0 Å². The number of anilines is 1. The smallest absolute Gasteiger partial charge is 0.262 e. The number of benzene rings is 2. The second-order valence-electron chi connectivity index (χ2n) is 4.11. The van der Waals surface area contributed by atoms with Gasteiger partial charge in [-0.25, -0.2) is 4.39 Å². The lowest BCUT2D eigenvalue weighted by Crippen LogP contribution is -1.91. The number of hydrogen-bond donors (Lipinski definition) is 1. The van der Waals surface area contributed by atoms with E-state index in [2.05, 4.69) is 26.1 Å². The van der Waals surface area contributed by atoms with Gasteiger partial charge in [0.1, 0.15) is 5.82 Å². The molecule has 0 saturated heterocycles. The molecule has 2 aromatic carbocycles. The third-order valence-corrected chi connectivity index (χ3v) is 3.47. The standard InChI is InChI=1S/C14H9BrFN3O/c15-9-5-3-6-10(16)12(9)14-18-13(19-20-14)8-4-1-2-7-11(8)17/h1-7H,17H2. The van der Waals surface area contributed by atoms with E-state index in [0.717, 1.165) is 0 Å². The van der Waals surface area contributed by atoms with Crippen molar-refractivity contribution >= 4 is 21.6 Å². The van der Waals surface area contributed by atoms with Crippen LogP contribution in [0, 0.1) is 5.82 Å². The third-order valence-electron chi connectivity index (χ3n) is 2.80. The third kappa shape index (κ3) is 2.18. The fraction of sp³-hybridized carbons (Fsp3) is 0. The maximum absolute atomic E-state index is 13.8. The Bertz CT molecular complexity index is 752. The van der Waals surface area contributed by atoms with Crippen molar-refractivity contribution in [3.63, 3.8) is 0 Å². The lowest BCUT2D eigenvalue weighted by molar-refractivity contribution is 0.429. The van der Waals surface area contributed by atoms with Gasteiger partial charge >= 0.3 is 0 Å². The molecule has 6 heteroatoms. The Morgan fingerprint density at radius 2 is 1.90 bits per heavy atom. The molecule has 0 unspecified atom stereocenters. The number of nitrogen functional groups attached to an aromatic ring is 1. The molecule has 0 amide bonds. The van der Waals surface area contributed by atoms with Gasteiger partial charge in [-0.1, -0.05) is 23.4 Å². The quantitative estimate of drug-likeness (QED) is 0.722. The minimum atomic E-state index is -0.435. The van der Waals surface area contributed by atoms with Crippen molar-refractivity contribution in [1.82, 2.24) is 10.1 Å². The molecule has 1 aromatic heterocycles. The number of nitrogens with zero attached hydrogens (tertiary/aromatic N) is 2. The van der Waals surface area contributed by atoms with E-state index >= 15 is 0 Å². The van der Waals surface area contributed by atoms with Crippen LogP contribution in [0.15, 0.2) is 51.5 Å². The lowest BCUT2D eigenvalue weighted by Gasteiger charge is -2.00. The summed E-state index contributed by atoms with van der Waals surface area (Å²) in [5.74, 6) is -0.00269. The summed E-state index contributed by atoms with van der Waals surface area (Å²) >= 11 is 3.27. The number of nitrogens with two attached hydrogens (primary N) is 1. The molecule has 100 valence electrons. The van der Waals surface area contributed by atoms with Gasteiger partial charge < -0.3 is 10.3 Å². The maximum Gasteiger partial charge on any atom is 0.262 e. The average Bonchev–Trinajstić information content (AvgIpc) is 2.88. The molecule has 4 nitrogen and oxygen atoms in total. The van der Waals surface area contributed by atoms with Crippen molar-refractivity contribution in [3.05, 3.63) is 52.8 Å². The normalized spacial score (nSPS) is 10.7. The van der Waals surface area contributed by atoms with Crippen molar-refractivity contribution in [2.75, 3.05) is 5.73 Å². The topological polar surface area (TPSA) is 64.9 Å². The van der Waals surface area contributed by atoms with E-state index in [-0.39, 0.29) is 11.5 Å². The summed E-state index contributed by atoms with van der Waals surface area (Å²) in [6.07, 6.45) is 0. The van der Waals surface area contributed by atoms with Gasteiger partial charge in [0.2, 0.25) is 5.82 Å². The van der Waals surface area contributed by atoms with E-state index in [9.17, 15) is 4.39 Å². The highest BCUT2D eigenvalue weighted by Crippen LogP contribution is 2.31. The minimum absolute atomic E-state index is 0.105. The van der Waals surface area contributed by atoms with Crippen LogP contribution in [0.3, 0.4) is 0 Å². The molecule has 0 aliphatic rings. The van der Waals surface area contributed by atoms with E-state index in [1.165, 1.54) is 6.07 Å². The van der Waals surface area contributed by atoms with Gasteiger partial charge in [0.05, 0.1) is 5.56 Å². The number of aromatic nitrogens is 2. The Hall–Kier alpha value is -2.21. The molecule has 0 atom stereocenters. The van der Waals surface area contributed by atoms with Gasteiger partial charge in [-0.05, 0) is 40.2 Å². The largest absolute Gasteiger partial charge is 0.398 e. The van der Waals surface area contributed by atoms with Crippen LogP contribution in [0.1, 0.15) is 0 Å². The predicted octanol–water partition coefficient (Wildman–Crippen LogP) is 3.89. The van der Waals surface area contributed by atoms with Gasteiger partial charge in [0.25, 0.3) is 5.89 Å². The molecule has 0 bridgehead atoms. The molecule has 0 aliphatic carbocycles. The van der Waals surface area contributed by atoms with Crippen LogP contribution in [0.25, 0.3) is 22.8 Å².